The Morgan fingerprint density at radius 3 is 1.73 bits per heavy atom. The third-order valence-electron chi connectivity index (χ3n) is 10.7. The molecule has 1 aliphatic heterocycles. The van der Waals surface area contributed by atoms with Crippen molar-refractivity contribution in [3.05, 3.63) is 22.8 Å². The number of sulfonamides is 1. The van der Waals surface area contributed by atoms with E-state index in [1.807, 2.05) is 0 Å². The number of hydrogen-bond acceptors (Lipinski definition) is 16. The molecule has 1 fully saturated rings. The molecule has 0 aliphatic carbocycles. The average Bonchev–Trinajstić information content (AvgIpc) is 3.24. The van der Waals surface area contributed by atoms with Gasteiger partial charge in [-0.2, -0.15) is 0 Å². The van der Waals surface area contributed by atoms with Crippen molar-refractivity contribution in [3.63, 3.8) is 0 Å². The molecule has 0 bridgehead atoms. The molecule has 1 saturated heterocycles. The van der Waals surface area contributed by atoms with Gasteiger partial charge in [0.05, 0.1) is 30.8 Å². The topological polar surface area (TPSA) is 339 Å². The van der Waals surface area contributed by atoms with E-state index in [0.29, 0.717) is 28.9 Å². The van der Waals surface area contributed by atoms with Crippen LogP contribution >= 0.6 is 0 Å². The van der Waals surface area contributed by atoms with Crippen LogP contribution in [0, 0.1) is 26.7 Å². The molecule has 0 spiro atoms. The molecule has 9 N–H and O–H groups in total. The van der Waals surface area contributed by atoms with Crippen LogP contribution in [0.5, 0.6) is 5.75 Å². The summed E-state index contributed by atoms with van der Waals surface area (Å²) in [6.45, 7) is 23.3. The zero-order valence-corrected chi connectivity index (χ0v) is 47.4. The summed E-state index contributed by atoms with van der Waals surface area (Å²) < 4.78 is 56.9. The van der Waals surface area contributed by atoms with Crippen molar-refractivity contribution in [2.24, 2.45) is 16.6 Å². The molecule has 0 saturated carbocycles. The van der Waals surface area contributed by atoms with Gasteiger partial charge in [0.1, 0.15) is 46.7 Å². The number of benzene rings is 1. The van der Waals surface area contributed by atoms with Crippen LogP contribution in [0.2, 0.25) is 0 Å². The van der Waals surface area contributed by atoms with Crippen molar-refractivity contribution in [2.75, 3.05) is 33.4 Å². The van der Waals surface area contributed by atoms with Crippen LogP contribution in [0.1, 0.15) is 138 Å². The number of nitrogens with zero attached hydrogens (tertiary/aromatic N) is 1. The van der Waals surface area contributed by atoms with Crippen molar-refractivity contribution < 1.29 is 70.5 Å². The molecule has 0 unspecified atom stereocenters. The zero-order chi connectivity index (χ0) is 57.4. The molecule has 1 aromatic carbocycles. The molecule has 424 valence electrons. The Hall–Kier alpha value is -6.24. The number of alkyl carbamates (subject to hydrolysis) is 1. The number of unbranched alkanes of at least 4 members (excludes halogenated alkanes) is 1. The number of aliphatic imine (C=N–C) groups is 1. The second kappa shape index (κ2) is 27.5. The van der Waals surface area contributed by atoms with Crippen LogP contribution in [0.3, 0.4) is 0 Å². The lowest BCUT2D eigenvalue weighted by Crippen LogP contribution is -2.59. The number of aryl methyl sites for hydroxylation is 1. The fourth-order valence-electron chi connectivity index (χ4n) is 7.25. The van der Waals surface area contributed by atoms with Gasteiger partial charge in [-0.05, 0) is 159 Å². The second-order valence-corrected chi connectivity index (χ2v) is 23.8. The maximum absolute atomic E-state index is 14.3. The molecule has 6 amide bonds. The first-order valence-corrected chi connectivity index (χ1v) is 26.3. The molecule has 24 nitrogen and oxygen atoms in total. The Morgan fingerprint density at radius 2 is 1.20 bits per heavy atom. The number of rotatable bonds is 18. The normalized spacial score (nSPS) is 19.0. The number of esters is 2. The molecule has 0 aromatic heterocycles. The molecule has 25 heteroatoms. The second-order valence-electron chi connectivity index (χ2n) is 22.2. The third kappa shape index (κ3) is 23.5. The quantitative estimate of drug-likeness (QED) is 0.0261. The van der Waals surface area contributed by atoms with E-state index in [0.717, 1.165) is 0 Å². The summed E-state index contributed by atoms with van der Waals surface area (Å²) in [6.07, 6.45) is -1.03. The molecule has 4 atom stereocenters. The summed E-state index contributed by atoms with van der Waals surface area (Å²) in [5.74, 6) is -8.50. The van der Waals surface area contributed by atoms with E-state index in [9.17, 15) is 46.8 Å². The number of hydrogen-bond donors (Lipinski definition) is 8. The van der Waals surface area contributed by atoms with E-state index < -0.39 is 136 Å². The summed E-state index contributed by atoms with van der Waals surface area (Å²) in [6, 6.07) is -4.47. The minimum atomic E-state index is -4.23. The zero-order valence-electron chi connectivity index (χ0n) is 46.6. The minimum Gasteiger partial charge on any atom is -0.496 e. The molecule has 1 aliphatic rings. The maximum Gasteiger partial charge on any atom is 0.407 e. The molecule has 0 radical (unpaired) electrons. The van der Waals surface area contributed by atoms with E-state index in [4.69, 9.17) is 29.4 Å². The molecule has 75 heavy (non-hydrogen) atoms. The summed E-state index contributed by atoms with van der Waals surface area (Å²) in [4.78, 5) is 114. The van der Waals surface area contributed by atoms with Gasteiger partial charge >= 0.3 is 18.0 Å². The number of nitrogens with one attached hydrogen (secondary N) is 7. The van der Waals surface area contributed by atoms with Crippen LogP contribution in [-0.2, 0) is 62.5 Å². The van der Waals surface area contributed by atoms with Gasteiger partial charge in [0.25, 0.3) is 10.0 Å². The van der Waals surface area contributed by atoms with Crippen LogP contribution in [0.25, 0.3) is 0 Å². The first-order chi connectivity index (χ1) is 34.3. The van der Waals surface area contributed by atoms with Gasteiger partial charge in [-0.25, -0.2) is 17.9 Å². The van der Waals surface area contributed by atoms with Crippen LogP contribution < -0.4 is 47.1 Å². The van der Waals surface area contributed by atoms with Gasteiger partial charge in [-0.1, -0.05) is 0 Å². The predicted octanol–water partition coefficient (Wildman–Crippen LogP) is 2.26. The molecule has 2 rings (SSSR count). The van der Waals surface area contributed by atoms with Gasteiger partial charge in [0.2, 0.25) is 35.5 Å². The average molecular weight is 1080 g/mol. The number of carbonyl (C=O) groups is 8. The Kier molecular flexibility index (Phi) is 23.8. The molecular weight excluding hydrogens is 999 g/mol. The Bertz CT molecular complexity index is 2340. The maximum atomic E-state index is 14.3. The number of ether oxygens (including phenoxy) is 5. The summed E-state index contributed by atoms with van der Waals surface area (Å²) >= 11 is 0. The molecular formula is C50H83N9O15S. The smallest absolute Gasteiger partial charge is 0.407 e. The number of methoxy groups -OCH3 is 1. The fraction of sp³-hybridized carbons (Fsp3) is 0.700. The lowest BCUT2D eigenvalue weighted by atomic mass is 9.97. The van der Waals surface area contributed by atoms with Gasteiger partial charge in [-0.15, -0.1) is 0 Å². The predicted molar refractivity (Wildman–Crippen MR) is 278 cm³/mol. The Balaban J connectivity index is 2.62. The first-order valence-electron chi connectivity index (χ1n) is 24.8. The highest BCUT2D eigenvalue weighted by atomic mass is 32.2. The van der Waals surface area contributed by atoms with E-state index in [-0.39, 0.29) is 43.7 Å². The van der Waals surface area contributed by atoms with Gasteiger partial charge in [0.15, 0.2) is 5.92 Å². The van der Waals surface area contributed by atoms with E-state index in [1.165, 1.54) is 7.11 Å². The van der Waals surface area contributed by atoms with Crippen molar-refractivity contribution in [1.29, 1.82) is 0 Å². The number of guanidine groups is 1. The first kappa shape index (κ1) is 64.9. The minimum absolute atomic E-state index is 0.0100. The van der Waals surface area contributed by atoms with Gasteiger partial charge in [0, 0.05) is 19.5 Å². The Labute approximate surface area is 441 Å². The summed E-state index contributed by atoms with van der Waals surface area (Å²) in [5.41, 5.74) is 3.69. The van der Waals surface area contributed by atoms with Crippen molar-refractivity contribution in [1.82, 2.24) is 36.6 Å². The molecule has 1 heterocycles. The monoisotopic (exact) mass is 1080 g/mol. The van der Waals surface area contributed by atoms with E-state index in [1.54, 1.807) is 110 Å². The van der Waals surface area contributed by atoms with Crippen molar-refractivity contribution in [3.8, 4) is 5.75 Å². The largest absolute Gasteiger partial charge is 0.496 e. The number of carbonyl (C=O) groups excluding carboxylic acids is 8. The summed E-state index contributed by atoms with van der Waals surface area (Å²) in [5, 5.41) is 15.4. The standard InChI is InChI=1S/C50H83N9O15S/c1-28-24-36(70-16)29(2)30(3)38(28)75(68,69)59-45(51)52-23-19-21-32-39(61)54-26-37(60)55-34(25-31(43(65)72-48(7,8)9)44(66)73-49(10,11)12)41(63)58-35(27-71-47(4,5)6)42(64)57-33(40(62)56-32)20-17-18-22-53-46(67)74-50(13,14)15/h24,31-35H,17-23,25-27H2,1-16H3,(H,53,67)(H,54,61)(H,55,60)(H,56,62)(H,57,64)(H,58,63)(H3,51,52,59)/t32-,33-,34+,35-/m0/s1. The fourth-order valence-corrected chi connectivity index (χ4v) is 8.73. The van der Waals surface area contributed by atoms with Crippen molar-refractivity contribution in [2.45, 2.75) is 194 Å². The number of amides is 6. The number of nitrogens with two attached hydrogens (primary N) is 1. The van der Waals surface area contributed by atoms with Crippen LogP contribution in [-0.4, -0.2) is 142 Å². The highest BCUT2D eigenvalue weighted by Crippen LogP contribution is 2.30. The lowest BCUT2D eigenvalue weighted by molar-refractivity contribution is -0.175. The highest BCUT2D eigenvalue weighted by molar-refractivity contribution is 7.90. The molecule has 1 aromatic rings. The SMILES string of the molecule is COc1cc(C)c(S(=O)(=O)NC(N)=NCCC[C@@H]2NC(=O)[C@H](CCCCNC(=O)OC(C)(C)C)NC(=O)[C@H](COC(C)(C)C)NC(=O)[C@@H](CC(C(=O)OC(C)(C)C)C(=O)OC(C)(C)C)NC(=O)CNC2=O)c(C)c1C. The van der Waals surface area contributed by atoms with Crippen LogP contribution in [0.4, 0.5) is 4.79 Å². The van der Waals surface area contributed by atoms with Crippen molar-refractivity contribution >= 4 is 63.6 Å². The highest BCUT2D eigenvalue weighted by Gasteiger charge is 2.41. The van der Waals surface area contributed by atoms with Gasteiger partial charge in [-0.3, -0.25) is 38.6 Å². The summed E-state index contributed by atoms with van der Waals surface area (Å²) in [7, 11) is -2.75. The lowest BCUT2D eigenvalue weighted by Gasteiger charge is -2.30. The van der Waals surface area contributed by atoms with E-state index in [2.05, 4.69) is 41.6 Å². The third-order valence-corrected chi connectivity index (χ3v) is 12.4. The van der Waals surface area contributed by atoms with Gasteiger partial charge < -0.3 is 61.3 Å². The Morgan fingerprint density at radius 1 is 0.693 bits per heavy atom. The van der Waals surface area contributed by atoms with E-state index >= 15 is 0 Å². The van der Waals surface area contributed by atoms with Crippen LogP contribution in [0.15, 0.2) is 16.0 Å².